The quantitative estimate of drug-likeness (QED) is 0.282. The van der Waals surface area contributed by atoms with Crippen molar-refractivity contribution in [1.82, 2.24) is 15.5 Å². The van der Waals surface area contributed by atoms with Crippen molar-refractivity contribution in [2.45, 2.75) is 12.5 Å². The Hall–Kier alpha value is -2.04. The number of guanidine groups is 1. The van der Waals surface area contributed by atoms with Crippen LogP contribution in [-0.2, 0) is 11.2 Å². The molecule has 0 aliphatic carbocycles. The summed E-state index contributed by atoms with van der Waals surface area (Å²) < 4.78 is 16.5. The molecule has 0 amide bonds. The maximum atomic E-state index is 5.57. The summed E-state index contributed by atoms with van der Waals surface area (Å²) in [6.07, 6.45) is 0.949. The maximum Gasteiger partial charge on any atom is 0.191 e. The first-order valence-electron chi connectivity index (χ1n) is 10.8. The maximum absolute atomic E-state index is 5.57. The molecule has 2 aromatic rings. The Bertz CT molecular complexity index is 829. The summed E-state index contributed by atoms with van der Waals surface area (Å²) in [5.41, 5.74) is 2.48. The lowest BCUT2D eigenvalue weighted by molar-refractivity contribution is 0.0169. The van der Waals surface area contributed by atoms with E-state index in [1.54, 1.807) is 21.3 Å². The predicted molar refractivity (Wildman–Crippen MR) is 140 cm³/mol. The topological polar surface area (TPSA) is 67.4 Å². The van der Waals surface area contributed by atoms with E-state index in [-0.39, 0.29) is 30.0 Å². The van der Waals surface area contributed by atoms with Crippen molar-refractivity contribution in [3.8, 4) is 11.5 Å². The van der Waals surface area contributed by atoms with Gasteiger partial charge >= 0.3 is 0 Å². The van der Waals surface area contributed by atoms with Gasteiger partial charge in [0.05, 0.1) is 33.5 Å². The van der Waals surface area contributed by atoms with Crippen LogP contribution in [0.3, 0.4) is 0 Å². The average Bonchev–Trinajstić information content (AvgIpc) is 2.84. The molecule has 7 nitrogen and oxygen atoms in total. The highest BCUT2D eigenvalue weighted by Crippen LogP contribution is 2.32. The van der Waals surface area contributed by atoms with Crippen molar-refractivity contribution in [3.63, 3.8) is 0 Å². The van der Waals surface area contributed by atoms with Crippen LogP contribution in [0.5, 0.6) is 11.5 Å². The molecule has 0 spiro atoms. The summed E-state index contributed by atoms with van der Waals surface area (Å²) >= 11 is 0. The molecule has 1 saturated heterocycles. The standard InChI is InChI=1S/C24H34N4O3.HI/c1-25-24(26-12-11-19-7-5-4-6-8-19)27-18-21(28-13-15-31-16-14-28)20-9-10-22(29-2)23(17-20)30-3;/h4-10,17,21H,11-16,18H2,1-3H3,(H2,25,26,27);1H. The molecule has 0 bridgehead atoms. The molecule has 3 rings (SSSR count). The number of morpholine rings is 1. The SMILES string of the molecule is CN=C(NCCc1ccccc1)NCC(c1ccc(OC)c(OC)c1)N1CCOCC1.I. The zero-order valence-corrected chi connectivity index (χ0v) is 21.5. The molecule has 8 heteroatoms. The van der Waals surface area contributed by atoms with Crippen LogP contribution in [0.1, 0.15) is 17.2 Å². The van der Waals surface area contributed by atoms with E-state index >= 15 is 0 Å². The minimum Gasteiger partial charge on any atom is -0.493 e. The van der Waals surface area contributed by atoms with Crippen LogP contribution in [0.4, 0.5) is 0 Å². The Balaban J connectivity index is 0.00000363. The largest absolute Gasteiger partial charge is 0.493 e. The van der Waals surface area contributed by atoms with Gasteiger partial charge in [-0.05, 0) is 29.7 Å². The van der Waals surface area contributed by atoms with Gasteiger partial charge in [0.2, 0.25) is 0 Å². The lowest BCUT2D eigenvalue weighted by atomic mass is 10.0. The minimum absolute atomic E-state index is 0. The Labute approximate surface area is 208 Å². The molecule has 0 radical (unpaired) electrons. The third kappa shape index (κ3) is 7.53. The highest BCUT2D eigenvalue weighted by molar-refractivity contribution is 14.0. The highest BCUT2D eigenvalue weighted by atomic mass is 127. The molecule has 0 saturated carbocycles. The van der Waals surface area contributed by atoms with Gasteiger partial charge in [-0.25, -0.2) is 0 Å². The number of nitrogens with zero attached hydrogens (tertiary/aromatic N) is 2. The van der Waals surface area contributed by atoms with E-state index in [2.05, 4.69) is 56.9 Å². The summed E-state index contributed by atoms with van der Waals surface area (Å²) in [5.74, 6) is 2.27. The third-order valence-electron chi connectivity index (χ3n) is 5.51. The molecule has 176 valence electrons. The van der Waals surface area contributed by atoms with Crippen LogP contribution in [0.25, 0.3) is 0 Å². The summed E-state index contributed by atoms with van der Waals surface area (Å²) in [5, 5.41) is 6.92. The molecule has 2 N–H and O–H groups in total. The summed E-state index contributed by atoms with van der Waals surface area (Å²) in [6, 6.07) is 16.8. The lowest BCUT2D eigenvalue weighted by Gasteiger charge is -2.35. The average molecular weight is 554 g/mol. The summed E-state index contributed by atoms with van der Waals surface area (Å²) in [7, 11) is 5.13. The van der Waals surface area contributed by atoms with E-state index in [4.69, 9.17) is 14.2 Å². The number of ether oxygens (including phenoxy) is 3. The van der Waals surface area contributed by atoms with Gasteiger partial charge < -0.3 is 24.8 Å². The molecular formula is C24H35IN4O3. The zero-order valence-electron chi connectivity index (χ0n) is 19.2. The Morgan fingerprint density at radius 1 is 1.03 bits per heavy atom. The van der Waals surface area contributed by atoms with Crippen molar-refractivity contribution in [3.05, 3.63) is 59.7 Å². The van der Waals surface area contributed by atoms with Crippen molar-refractivity contribution >= 4 is 29.9 Å². The number of benzene rings is 2. The Kier molecular flexibility index (Phi) is 11.6. The highest BCUT2D eigenvalue weighted by Gasteiger charge is 2.24. The molecule has 2 aromatic carbocycles. The second-order valence-electron chi connectivity index (χ2n) is 7.39. The number of aliphatic imine (C=N–C) groups is 1. The van der Waals surface area contributed by atoms with Crippen LogP contribution in [0.15, 0.2) is 53.5 Å². The second kappa shape index (κ2) is 14.2. The molecule has 1 atom stereocenters. The van der Waals surface area contributed by atoms with Crippen molar-refractivity contribution < 1.29 is 14.2 Å². The fraction of sp³-hybridized carbons (Fsp3) is 0.458. The van der Waals surface area contributed by atoms with Gasteiger partial charge in [-0.2, -0.15) is 0 Å². The Morgan fingerprint density at radius 2 is 1.75 bits per heavy atom. The van der Waals surface area contributed by atoms with Crippen LogP contribution < -0.4 is 20.1 Å². The van der Waals surface area contributed by atoms with E-state index in [0.717, 1.165) is 63.3 Å². The smallest absolute Gasteiger partial charge is 0.191 e. The fourth-order valence-electron chi connectivity index (χ4n) is 3.79. The Morgan fingerprint density at radius 3 is 2.41 bits per heavy atom. The number of hydrogen-bond acceptors (Lipinski definition) is 5. The van der Waals surface area contributed by atoms with Crippen LogP contribution >= 0.6 is 24.0 Å². The molecule has 1 unspecified atom stereocenters. The van der Waals surface area contributed by atoms with E-state index in [1.807, 2.05) is 12.1 Å². The number of hydrogen-bond donors (Lipinski definition) is 2. The van der Waals surface area contributed by atoms with Gasteiger partial charge in [0, 0.05) is 33.2 Å². The van der Waals surface area contributed by atoms with Gasteiger partial charge in [-0.1, -0.05) is 36.4 Å². The number of methoxy groups -OCH3 is 2. The molecule has 32 heavy (non-hydrogen) atoms. The van der Waals surface area contributed by atoms with Crippen molar-refractivity contribution in [1.29, 1.82) is 0 Å². The van der Waals surface area contributed by atoms with Gasteiger partial charge in [0.15, 0.2) is 17.5 Å². The first-order chi connectivity index (χ1) is 15.2. The summed E-state index contributed by atoms with van der Waals surface area (Å²) in [4.78, 5) is 6.84. The number of rotatable bonds is 9. The van der Waals surface area contributed by atoms with E-state index in [1.165, 1.54) is 11.1 Å². The molecular weight excluding hydrogens is 519 g/mol. The molecule has 1 heterocycles. The minimum atomic E-state index is 0. The number of nitrogens with one attached hydrogen (secondary N) is 2. The van der Waals surface area contributed by atoms with Gasteiger partial charge in [0.25, 0.3) is 0 Å². The van der Waals surface area contributed by atoms with Crippen molar-refractivity contribution in [2.75, 3.05) is 60.7 Å². The van der Waals surface area contributed by atoms with Gasteiger partial charge in [-0.3, -0.25) is 9.89 Å². The first-order valence-corrected chi connectivity index (χ1v) is 10.8. The van der Waals surface area contributed by atoms with Crippen LogP contribution in [0.2, 0.25) is 0 Å². The van der Waals surface area contributed by atoms with Gasteiger partial charge in [-0.15, -0.1) is 24.0 Å². The van der Waals surface area contributed by atoms with Crippen LogP contribution in [0, 0.1) is 0 Å². The monoisotopic (exact) mass is 554 g/mol. The predicted octanol–water partition coefficient (Wildman–Crippen LogP) is 3.10. The summed E-state index contributed by atoms with van der Waals surface area (Å²) in [6.45, 7) is 4.81. The molecule has 0 aromatic heterocycles. The van der Waals surface area contributed by atoms with Crippen LogP contribution in [-0.4, -0.2) is 71.5 Å². The lowest BCUT2D eigenvalue weighted by Crippen LogP contribution is -2.46. The van der Waals surface area contributed by atoms with Crippen molar-refractivity contribution in [2.24, 2.45) is 4.99 Å². The van der Waals surface area contributed by atoms with Gasteiger partial charge in [0.1, 0.15) is 0 Å². The van der Waals surface area contributed by atoms with E-state index < -0.39 is 0 Å². The molecule has 1 aliphatic rings. The third-order valence-corrected chi connectivity index (χ3v) is 5.51. The molecule has 1 fully saturated rings. The first kappa shape index (κ1) is 26.2. The number of halogens is 1. The van der Waals surface area contributed by atoms with E-state index in [0.29, 0.717) is 0 Å². The fourth-order valence-corrected chi connectivity index (χ4v) is 3.79. The van der Waals surface area contributed by atoms with E-state index in [9.17, 15) is 0 Å². The second-order valence-corrected chi connectivity index (χ2v) is 7.39. The normalized spacial score (nSPS) is 15.4. The zero-order chi connectivity index (χ0) is 21.9. The molecule has 1 aliphatic heterocycles.